The number of imidazole rings is 1. The molecule has 1 saturated heterocycles. The van der Waals surface area contributed by atoms with Crippen molar-refractivity contribution >= 4 is 21.2 Å². The van der Waals surface area contributed by atoms with Gasteiger partial charge < -0.3 is 9.72 Å². The molecule has 120 valence electrons. The van der Waals surface area contributed by atoms with Gasteiger partial charge in [-0.1, -0.05) is 0 Å². The zero-order valence-electron chi connectivity index (χ0n) is 11.6. The van der Waals surface area contributed by atoms with Crippen LogP contribution >= 0.6 is 0 Å². The Kier molecular flexibility index (Phi) is 3.58. The van der Waals surface area contributed by atoms with Crippen molar-refractivity contribution in [2.45, 2.75) is 30.0 Å². The van der Waals surface area contributed by atoms with Crippen LogP contribution in [0.4, 0.5) is 4.39 Å². The molecule has 1 aliphatic heterocycles. The summed E-state index contributed by atoms with van der Waals surface area (Å²) in [6.45, 7) is 0.488. The fraction of sp³-hybridized carbons (Fsp3) is 0.462. The minimum atomic E-state index is -4.36. The molecule has 0 spiro atoms. The van der Waals surface area contributed by atoms with Crippen LogP contribution in [0, 0.1) is 0 Å². The number of hydrogen-bond donors (Lipinski definition) is 2. The molecule has 1 aromatic heterocycles. The van der Waals surface area contributed by atoms with Crippen LogP contribution in [0.5, 0.6) is 0 Å². The average Bonchev–Trinajstić information content (AvgIpc) is 2.74. The second kappa shape index (κ2) is 5.18. The van der Waals surface area contributed by atoms with Gasteiger partial charge in [-0.3, -0.25) is 9.12 Å². The molecule has 9 heteroatoms. The summed E-state index contributed by atoms with van der Waals surface area (Å²) in [7, 11) is -4.36. The molecule has 0 atom stereocenters. The molecule has 2 heterocycles. The normalized spacial score (nSPS) is 18.6. The van der Waals surface area contributed by atoms with E-state index < -0.39 is 21.5 Å². The topological polar surface area (TPSA) is 101 Å². The Morgan fingerprint density at radius 1 is 1.36 bits per heavy atom. The van der Waals surface area contributed by atoms with Crippen molar-refractivity contribution in [3.8, 4) is 0 Å². The first-order valence-electron chi connectivity index (χ1n) is 6.75. The number of benzene rings is 1. The Morgan fingerprint density at radius 3 is 2.68 bits per heavy atom. The third kappa shape index (κ3) is 2.79. The van der Waals surface area contributed by atoms with Crippen LogP contribution in [0.1, 0.15) is 12.8 Å². The summed E-state index contributed by atoms with van der Waals surface area (Å²) in [6, 6.07) is 3.70. The van der Waals surface area contributed by atoms with Crippen molar-refractivity contribution in [2.75, 3.05) is 13.2 Å². The van der Waals surface area contributed by atoms with Crippen LogP contribution in [0.25, 0.3) is 11.0 Å². The number of aromatic nitrogens is 2. The number of ether oxygens (including phenoxy) is 1. The lowest BCUT2D eigenvalue weighted by atomic mass is 9.96. The van der Waals surface area contributed by atoms with Crippen molar-refractivity contribution in [2.24, 2.45) is 0 Å². The number of H-pyrrole nitrogens is 1. The summed E-state index contributed by atoms with van der Waals surface area (Å²) in [4.78, 5) is 14.2. The van der Waals surface area contributed by atoms with Crippen LogP contribution in [-0.4, -0.2) is 41.4 Å². The highest BCUT2D eigenvalue weighted by Crippen LogP contribution is 2.28. The van der Waals surface area contributed by atoms with Gasteiger partial charge in [0.2, 0.25) is 0 Å². The highest BCUT2D eigenvalue weighted by atomic mass is 32.2. The fourth-order valence-corrected chi connectivity index (χ4v) is 3.15. The number of aromatic amines is 1. The summed E-state index contributed by atoms with van der Waals surface area (Å²) in [5, 5.41) is 0. The Labute approximate surface area is 125 Å². The van der Waals surface area contributed by atoms with Gasteiger partial charge in [-0.15, -0.1) is 0 Å². The van der Waals surface area contributed by atoms with E-state index in [4.69, 9.17) is 9.29 Å². The minimum Gasteiger partial charge on any atom is -0.381 e. The van der Waals surface area contributed by atoms with Crippen molar-refractivity contribution in [3.05, 3.63) is 28.7 Å². The van der Waals surface area contributed by atoms with Gasteiger partial charge in [-0.25, -0.2) is 9.18 Å². The van der Waals surface area contributed by atoms with Crippen molar-refractivity contribution in [3.63, 3.8) is 0 Å². The largest absolute Gasteiger partial charge is 0.381 e. The van der Waals surface area contributed by atoms with E-state index >= 15 is 0 Å². The molecule has 0 bridgehead atoms. The molecule has 1 aliphatic rings. The smallest absolute Gasteiger partial charge is 0.326 e. The maximum Gasteiger partial charge on any atom is 0.326 e. The first-order valence-corrected chi connectivity index (χ1v) is 8.19. The predicted octanol–water partition coefficient (Wildman–Crippen LogP) is 1.09. The standard InChI is InChI=1S/C13H15FN2O5S/c14-13(3-5-21-6-4-13)8-16-11-2-1-9(22(18,19)20)7-10(11)15-12(16)17/h1-2,7H,3-6,8H2,(H,15,17)(H,18,19,20). The lowest BCUT2D eigenvalue weighted by molar-refractivity contribution is -0.0175. The lowest BCUT2D eigenvalue weighted by Crippen LogP contribution is -2.38. The molecular weight excluding hydrogens is 315 g/mol. The second-order valence-corrected chi connectivity index (χ2v) is 6.86. The molecule has 0 amide bonds. The van der Waals surface area contributed by atoms with Gasteiger partial charge in [-0.05, 0) is 18.2 Å². The molecule has 2 N–H and O–H groups in total. The van der Waals surface area contributed by atoms with E-state index in [0.29, 0.717) is 18.7 Å². The van der Waals surface area contributed by atoms with Crippen LogP contribution < -0.4 is 5.69 Å². The molecule has 7 nitrogen and oxygen atoms in total. The molecular formula is C13H15FN2O5S. The molecule has 1 aromatic carbocycles. The molecule has 0 aliphatic carbocycles. The van der Waals surface area contributed by atoms with Crippen molar-refractivity contribution in [1.82, 2.24) is 9.55 Å². The highest BCUT2D eigenvalue weighted by Gasteiger charge is 2.33. The monoisotopic (exact) mass is 330 g/mol. The van der Waals surface area contributed by atoms with E-state index in [0.717, 1.165) is 6.07 Å². The number of fused-ring (bicyclic) bond motifs is 1. The van der Waals surface area contributed by atoms with Gasteiger partial charge in [0, 0.05) is 26.1 Å². The number of halogens is 1. The second-order valence-electron chi connectivity index (χ2n) is 5.43. The van der Waals surface area contributed by atoms with Gasteiger partial charge in [0.05, 0.1) is 22.5 Å². The lowest BCUT2D eigenvalue weighted by Gasteiger charge is -2.29. The third-order valence-electron chi connectivity index (χ3n) is 3.87. The van der Waals surface area contributed by atoms with Crippen molar-refractivity contribution in [1.29, 1.82) is 0 Å². The van der Waals surface area contributed by atoms with Crippen LogP contribution in [0.3, 0.4) is 0 Å². The number of alkyl halides is 1. The Balaban J connectivity index is 2.03. The molecule has 0 saturated carbocycles. The zero-order chi connectivity index (χ0) is 16.0. The maximum atomic E-state index is 14.7. The molecule has 22 heavy (non-hydrogen) atoms. The molecule has 0 radical (unpaired) electrons. The van der Waals surface area contributed by atoms with Crippen LogP contribution in [0.2, 0.25) is 0 Å². The first kappa shape index (κ1) is 15.2. The van der Waals surface area contributed by atoms with Gasteiger partial charge in [0.25, 0.3) is 10.1 Å². The van der Waals surface area contributed by atoms with E-state index in [2.05, 4.69) is 4.98 Å². The number of hydrogen-bond acceptors (Lipinski definition) is 4. The van der Waals surface area contributed by atoms with Crippen LogP contribution in [0.15, 0.2) is 27.9 Å². The Hall–Kier alpha value is -1.71. The Morgan fingerprint density at radius 2 is 2.05 bits per heavy atom. The predicted molar refractivity (Wildman–Crippen MR) is 76.3 cm³/mol. The summed E-state index contributed by atoms with van der Waals surface area (Å²) in [5.41, 5.74) is -1.43. The molecule has 1 fully saturated rings. The third-order valence-corrected chi connectivity index (χ3v) is 4.72. The van der Waals surface area contributed by atoms with Gasteiger partial charge >= 0.3 is 5.69 Å². The number of nitrogens with zero attached hydrogens (tertiary/aromatic N) is 1. The average molecular weight is 330 g/mol. The SMILES string of the molecule is O=c1[nH]c2cc(S(=O)(=O)O)ccc2n1CC1(F)CCOCC1. The maximum absolute atomic E-state index is 14.7. The number of nitrogens with one attached hydrogen (secondary N) is 1. The molecule has 0 unspecified atom stereocenters. The minimum absolute atomic E-state index is 0.125. The summed E-state index contributed by atoms with van der Waals surface area (Å²) in [5.74, 6) is 0. The molecule has 3 rings (SSSR count). The summed E-state index contributed by atoms with van der Waals surface area (Å²) >= 11 is 0. The van der Waals surface area contributed by atoms with Crippen molar-refractivity contribution < 1.29 is 22.1 Å². The Bertz CT molecular complexity index is 864. The highest BCUT2D eigenvalue weighted by molar-refractivity contribution is 7.85. The number of rotatable bonds is 3. The summed E-state index contributed by atoms with van der Waals surface area (Å²) in [6.07, 6.45) is 0.407. The van der Waals surface area contributed by atoms with E-state index in [1.807, 2.05) is 0 Å². The summed E-state index contributed by atoms with van der Waals surface area (Å²) < 4.78 is 52.4. The molecule has 2 aromatic rings. The van der Waals surface area contributed by atoms with E-state index in [1.165, 1.54) is 16.7 Å². The fourth-order valence-electron chi connectivity index (χ4n) is 2.64. The van der Waals surface area contributed by atoms with E-state index in [1.54, 1.807) is 0 Å². The van der Waals surface area contributed by atoms with Gasteiger partial charge in [-0.2, -0.15) is 8.42 Å². The zero-order valence-corrected chi connectivity index (χ0v) is 12.4. The van der Waals surface area contributed by atoms with E-state index in [9.17, 15) is 17.6 Å². The van der Waals surface area contributed by atoms with E-state index in [-0.39, 0.29) is 29.8 Å². The first-order chi connectivity index (χ1) is 10.3. The van der Waals surface area contributed by atoms with Gasteiger partial charge in [0.15, 0.2) is 0 Å². The van der Waals surface area contributed by atoms with Crippen LogP contribution in [-0.2, 0) is 21.4 Å². The quantitative estimate of drug-likeness (QED) is 0.821. The van der Waals surface area contributed by atoms with Gasteiger partial charge in [0.1, 0.15) is 5.67 Å².